The maximum atomic E-state index is 14.3. The van der Waals surface area contributed by atoms with Crippen LogP contribution < -0.4 is 10.6 Å². The Morgan fingerprint density at radius 3 is 2.78 bits per heavy atom. The molecule has 4 rings (SSSR count). The molecule has 5 nitrogen and oxygen atoms in total. The van der Waals surface area contributed by atoms with Gasteiger partial charge in [0.1, 0.15) is 5.82 Å². The van der Waals surface area contributed by atoms with Gasteiger partial charge >= 0.3 is 0 Å². The van der Waals surface area contributed by atoms with Gasteiger partial charge in [0.25, 0.3) is 0 Å². The third kappa shape index (κ3) is 2.16. The zero-order valence-electron chi connectivity index (χ0n) is 13.6. The van der Waals surface area contributed by atoms with Crippen molar-refractivity contribution < 1.29 is 9.18 Å². The molecule has 1 saturated carbocycles. The first-order valence-electron chi connectivity index (χ1n) is 8.04. The monoisotopic (exact) mass is 316 g/mol. The molecule has 2 N–H and O–H groups in total. The van der Waals surface area contributed by atoms with Gasteiger partial charge in [-0.3, -0.25) is 9.48 Å². The molecule has 3 atom stereocenters. The average molecular weight is 316 g/mol. The van der Waals surface area contributed by atoms with Crippen molar-refractivity contribution in [3.05, 3.63) is 29.7 Å². The third-order valence-electron chi connectivity index (χ3n) is 5.25. The van der Waals surface area contributed by atoms with Crippen LogP contribution in [0.25, 0.3) is 10.9 Å². The third-order valence-corrected chi connectivity index (χ3v) is 5.25. The second-order valence-corrected chi connectivity index (χ2v) is 7.23. The molecular formula is C17H21FN4O. The highest BCUT2D eigenvalue weighted by molar-refractivity contribution is 5.86. The van der Waals surface area contributed by atoms with Crippen LogP contribution in [0, 0.1) is 23.6 Å². The molecule has 6 heteroatoms. The number of halogens is 1. The minimum absolute atomic E-state index is 0.0571. The van der Waals surface area contributed by atoms with Gasteiger partial charge in [0.2, 0.25) is 5.91 Å². The number of carbonyl (C=O) groups is 1. The number of rotatable bonds is 3. The first-order chi connectivity index (χ1) is 10.9. The molecule has 1 aromatic carbocycles. The topological polar surface area (TPSA) is 59.0 Å². The van der Waals surface area contributed by atoms with Crippen LogP contribution >= 0.6 is 0 Å². The number of aromatic nitrogens is 2. The first-order valence-corrected chi connectivity index (χ1v) is 8.04. The maximum absolute atomic E-state index is 14.3. The van der Waals surface area contributed by atoms with Crippen LogP contribution in [0.5, 0.6) is 0 Å². The van der Waals surface area contributed by atoms with Gasteiger partial charge in [-0.1, -0.05) is 6.07 Å². The van der Waals surface area contributed by atoms with Crippen LogP contribution in [0.4, 0.5) is 4.39 Å². The Hall–Kier alpha value is -1.95. The van der Waals surface area contributed by atoms with Crippen LogP contribution in [0.3, 0.4) is 0 Å². The number of aryl methyl sites for hydroxylation is 1. The molecule has 2 aromatic rings. The molecule has 1 saturated heterocycles. The van der Waals surface area contributed by atoms with Gasteiger partial charge in [0.15, 0.2) is 0 Å². The number of nitrogens with zero attached hydrogens (tertiary/aromatic N) is 2. The number of piperidine rings is 1. The Morgan fingerprint density at radius 1 is 1.39 bits per heavy atom. The van der Waals surface area contributed by atoms with Gasteiger partial charge < -0.3 is 10.6 Å². The highest BCUT2D eigenvalue weighted by atomic mass is 19.1. The van der Waals surface area contributed by atoms with Crippen molar-refractivity contribution in [1.82, 2.24) is 20.4 Å². The summed E-state index contributed by atoms with van der Waals surface area (Å²) in [6.45, 7) is 5.61. The first kappa shape index (κ1) is 14.6. The Bertz CT molecular complexity index is 787. The van der Waals surface area contributed by atoms with Crippen LogP contribution in [-0.4, -0.2) is 28.8 Å². The highest BCUT2D eigenvalue weighted by Crippen LogP contribution is 2.49. The summed E-state index contributed by atoms with van der Waals surface area (Å²) in [5, 5.41) is 11.3. The SMILES string of the molecule is Cn1nc(C(C)(C)NC(=O)C2[C@H]3CNC[C@@H]23)c2c(F)cccc21. The van der Waals surface area contributed by atoms with Crippen molar-refractivity contribution in [2.45, 2.75) is 19.4 Å². The largest absolute Gasteiger partial charge is 0.345 e. The second-order valence-electron chi connectivity index (χ2n) is 7.23. The molecule has 23 heavy (non-hydrogen) atoms. The maximum Gasteiger partial charge on any atom is 0.224 e. The lowest BCUT2D eigenvalue weighted by atomic mass is 9.96. The van der Waals surface area contributed by atoms with E-state index in [0.29, 0.717) is 22.9 Å². The predicted molar refractivity (Wildman–Crippen MR) is 85.2 cm³/mol. The molecule has 1 aromatic heterocycles. The van der Waals surface area contributed by atoms with E-state index < -0.39 is 5.54 Å². The Morgan fingerprint density at radius 2 is 2.09 bits per heavy atom. The summed E-state index contributed by atoms with van der Waals surface area (Å²) >= 11 is 0. The summed E-state index contributed by atoms with van der Waals surface area (Å²) in [4.78, 5) is 12.6. The Balaban J connectivity index is 1.65. The van der Waals surface area contributed by atoms with E-state index in [0.717, 1.165) is 18.6 Å². The van der Waals surface area contributed by atoms with E-state index in [9.17, 15) is 9.18 Å². The van der Waals surface area contributed by atoms with Gasteiger partial charge in [0.05, 0.1) is 22.1 Å². The summed E-state index contributed by atoms with van der Waals surface area (Å²) in [6, 6.07) is 4.94. The molecule has 2 heterocycles. The summed E-state index contributed by atoms with van der Waals surface area (Å²) in [7, 11) is 1.79. The van der Waals surface area contributed by atoms with Crippen molar-refractivity contribution >= 4 is 16.8 Å². The molecule has 0 radical (unpaired) electrons. The molecule has 1 amide bonds. The molecule has 0 spiro atoms. The van der Waals surface area contributed by atoms with Gasteiger partial charge in [-0.05, 0) is 50.9 Å². The highest BCUT2D eigenvalue weighted by Gasteiger charge is 2.57. The number of nitrogens with one attached hydrogen (secondary N) is 2. The number of benzene rings is 1. The summed E-state index contributed by atoms with van der Waals surface area (Å²) in [5.74, 6) is 0.767. The normalized spacial score (nSPS) is 26.3. The van der Waals surface area contributed by atoms with Crippen molar-refractivity contribution in [1.29, 1.82) is 0 Å². The number of carbonyl (C=O) groups excluding carboxylic acids is 1. The molecule has 0 bridgehead atoms. The Kier molecular flexibility index (Phi) is 3.04. The van der Waals surface area contributed by atoms with Crippen molar-refractivity contribution in [3.8, 4) is 0 Å². The van der Waals surface area contributed by atoms with Crippen molar-refractivity contribution in [2.24, 2.45) is 24.8 Å². The van der Waals surface area contributed by atoms with E-state index in [1.54, 1.807) is 17.8 Å². The van der Waals surface area contributed by atoms with Gasteiger partial charge in [-0.2, -0.15) is 5.10 Å². The molecule has 1 aliphatic carbocycles. The van der Waals surface area contributed by atoms with Gasteiger partial charge in [0, 0.05) is 13.0 Å². The van der Waals surface area contributed by atoms with E-state index in [1.807, 2.05) is 19.9 Å². The van der Waals surface area contributed by atoms with E-state index in [1.165, 1.54) is 6.07 Å². The number of fused-ring (bicyclic) bond motifs is 2. The lowest BCUT2D eigenvalue weighted by Gasteiger charge is -2.25. The molecule has 1 aliphatic heterocycles. The van der Waals surface area contributed by atoms with E-state index in [-0.39, 0.29) is 17.6 Å². The fourth-order valence-electron chi connectivity index (χ4n) is 3.97. The van der Waals surface area contributed by atoms with Crippen LogP contribution in [0.1, 0.15) is 19.5 Å². The van der Waals surface area contributed by atoms with Gasteiger partial charge in [-0.25, -0.2) is 4.39 Å². The quantitative estimate of drug-likeness (QED) is 0.903. The number of hydrogen-bond acceptors (Lipinski definition) is 3. The van der Waals surface area contributed by atoms with Crippen LogP contribution in [0.2, 0.25) is 0 Å². The molecule has 1 unspecified atom stereocenters. The smallest absolute Gasteiger partial charge is 0.224 e. The standard InChI is InChI=1S/C17H21FN4O/c1-17(2,20-16(23)13-9-7-19-8-10(9)13)15-14-11(18)5-4-6-12(14)22(3)21-15/h4-6,9-10,13,19H,7-8H2,1-3H3,(H,20,23)/t9-,10+,13?. The molecule has 2 fully saturated rings. The predicted octanol–water partition coefficient (Wildman–Crippen LogP) is 1.53. The van der Waals surface area contributed by atoms with Gasteiger partial charge in [-0.15, -0.1) is 0 Å². The fourth-order valence-corrected chi connectivity index (χ4v) is 3.97. The number of amides is 1. The zero-order valence-corrected chi connectivity index (χ0v) is 13.6. The average Bonchev–Trinajstić information content (AvgIpc) is 2.81. The summed E-state index contributed by atoms with van der Waals surface area (Å²) < 4.78 is 16.0. The minimum Gasteiger partial charge on any atom is -0.345 e. The summed E-state index contributed by atoms with van der Waals surface area (Å²) in [6.07, 6.45) is 0. The minimum atomic E-state index is -0.719. The second kappa shape index (κ2) is 4.77. The fraction of sp³-hybridized carbons (Fsp3) is 0.529. The molecule has 122 valence electrons. The summed E-state index contributed by atoms with van der Waals surface area (Å²) in [5.41, 5.74) is 0.587. The zero-order chi connectivity index (χ0) is 16.4. The lowest BCUT2D eigenvalue weighted by Crippen LogP contribution is -2.43. The van der Waals surface area contributed by atoms with Crippen molar-refractivity contribution in [3.63, 3.8) is 0 Å². The number of hydrogen-bond donors (Lipinski definition) is 2. The van der Waals surface area contributed by atoms with Crippen LogP contribution in [-0.2, 0) is 17.4 Å². The molecular weight excluding hydrogens is 295 g/mol. The Labute approximate surface area is 134 Å². The van der Waals surface area contributed by atoms with E-state index in [2.05, 4.69) is 15.7 Å². The van der Waals surface area contributed by atoms with Crippen molar-refractivity contribution in [2.75, 3.05) is 13.1 Å². The lowest BCUT2D eigenvalue weighted by molar-refractivity contribution is -0.124. The van der Waals surface area contributed by atoms with Crippen LogP contribution in [0.15, 0.2) is 18.2 Å². The molecule has 2 aliphatic rings. The van der Waals surface area contributed by atoms with E-state index >= 15 is 0 Å². The van der Waals surface area contributed by atoms with E-state index in [4.69, 9.17) is 0 Å².